The van der Waals surface area contributed by atoms with Gasteiger partial charge in [-0.2, -0.15) is 47.4 Å². The van der Waals surface area contributed by atoms with Crippen LogP contribution in [0.2, 0.25) is 0 Å². The lowest BCUT2D eigenvalue weighted by molar-refractivity contribution is -0.138. The highest BCUT2D eigenvalue weighted by molar-refractivity contribution is 6.13. The van der Waals surface area contributed by atoms with E-state index in [1.807, 2.05) is 48.5 Å². The average molecular weight is 1030 g/mol. The molecular formula is C66H34F6N6. The van der Waals surface area contributed by atoms with E-state index < -0.39 is 23.5 Å². The summed E-state index contributed by atoms with van der Waals surface area (Å²) in [7, 11) is 0. The Morgan fingerprint density at radius 2 is 0.564 bits per heavy atom. The zero-order chi connectivity index (χ0) is 54.0. The third-order valence-corrected chi connectivity index (χ3v) is 14.3. The van der Waals surface area contributed by atoms with Crippen molar-refractivity contribution in [1.29, 1.82) is 21.0 Å². The second-order valence-corrected chi connectivity index (χ2v) is 18.8. The SMILES string of the molecule is N#Cc1ccc(-c2ccc3c4ccc(-c5ccc(C#N)cc5)cc4n(-c4cc(-c5cccc(C(F)(F)F)c5)cc(-n5c6cc(-c7ccc(C#N)cc7)ccc6c6ccc(-c7ccc(C#N)cc7)cc65)c4C(F)(F)F)c3c2)cc1. The lowest BCUT2D eigenvalue weighted by Gasteiger charge is -2.23. The number of nitriles is 4. The lowest BCUT2D eigenvalue weighted by atomic mass is 9.97. The van der Waals surface area contributed by atoms with Gasteiger partial charge in [0.15, 0.2) is 0 Å². The second-order valence-electron chi connectivity index (χ2n) is 18.8. The first kappa shape index (κ1) is 48.3. The molecule has 12 aromatic rings. The van der Waals surface area contributed by atoms with Crippen molar-refractivity contribution in [1.82, 2.24) is 9.13 Å². The van der Waals surface area contributed by atoms with Crippen molar-refractivity contribution in [3.8, 4) is 91.3 Å². The molecule has 0 saturated heterocycles. The van der Waals surface area contributed by atoms with E-state index in [1.54, 1.807) is 121 Å². The van der Waals surface area contributed by atoms with E-state index in [1.165, 1.54) is 33.4 Å². The van der Waals surface area contributed by atoms with Crippen molar-refractivity contribution in [2.45, 2.75) is 12.4 Å². The number of alkyl halides is 6. The molecule has 0 unspecified atom stereocenters. The Bertz CT molecular complexity index is 4110. The highest BCUT2D eigenvalue weighted by Gasteiger charge is 2.40. The molecule has 0 aliphatic carbocycles. The Kier molecular flexibility index (Phi) is 11.5. The number of fused-ring (bicyclic) bond motifs is 6. The van der Waals surface area contributed by atoms with Gasteiger partial charge in [0.05, 0.1) is 85.5 Å². The fourth-order valence-corrected chi connectivity index (χ4v) is 10.5. The predicted molar refractivity (Wildman–Crippen MR) is 291 cm³/mol. The van der Waals surface area contributed by atoms with E-state index in [-0.39, 0.29) is 22.5 Å². The quantitative estimate of drug-likeness (QED) is 0.148. The molecule has 6 nitrogen and oxygen atoms in total. The van der Waals surface area contributed by atoms with Crippen molar-refractivity contribution in [2.75, 3.05) is 0 Å². The number of aromatic nitrogens is 2. The maximum Gasteiger partial charge on any atom is 0.420 e. The summed E-state index contributed by atoms with van der Waals surface area (Å²) >= 11 is 0. The molecule has 0 fully saturated rings. The van der Waals surface area contributed by atoms with Crippen LogP contribution in [0.5, 0.6) is 0 Å². The van der Waals surface area contributed by atoms with Gasteiger partial charge < -0.3 is 9.13 Å². The molecule has 370 valence electrons. The summed E-state index contributed by atoms with van der Waals surface area (Å²) in [6, 6.07) is 64.7. The van der Waals surface area contributed by atoms with E-state index in [0.717, 1.165) is 12.1 Å². The molecular weight excluding hydrogens is 991 g/mol. The predicted octanol–water partition coefficient (Wildman–Crippen LogP) is 17.7. The number of hydrogen-bond acceptors (Lipinski definition) is 4. The largest absolute Gasteiger partial charge is 0.420 e. The molecule has 0 N–H and O–H groups in total. The van der Waals surface area contributed by atoms with Gasteiger partial charge in [0.2, 0.25) is 0 Å². The van der Waals surface area contributed by atoms with Gasteiger partial charge in [-0.05, 0) is 153 Å². The smallest absolute Gasteiger partial charge is 0.308 e. The van der Waals surface area contributed by atoms with Gasteiger partial charge >= 0.3 is 12.4 Å². The van der Waals surface area contributed by atoms with Gasteiger partial charge in [-0.25, -0.2) is 0 Å². The van der Waals surface area contributed by atoms with E-state index >= 15 is 13.2 Å². The van der Waals surface area contributed by atoms with Gasteiger partial charge in [-0.1, -0.05) is 109 Å². The Morgan fingerprint density at radius 1 is 0.282 bits per heavy atom. The van der Waals surface area contributed by atoms with Crippen molar-refractivity contribution in [3.63, 3.8) is 0 Å². The molecule has 12 rings (SSSR count). The summed E-state index contributed by atoms with van der Waals surface area (Å²) in [4.78, 5) is 0. The molecule has 12 heteroatoms. The van der Waals surface area contributed by atoms with Crippen LogP contribution >= 0.6 is 0 Å². The molecule has 0 radical (unpaired) electrons. The van der Waals surface area contributed by atoms with Crippen molar-refractivity contribution < 1.29 is 26.3 Å². The van der Waals surface area contributed by atoms with Crippen LogP contribution in [-0.2, 0) is 12.4 Å². The molecule has 0 aliphatic heterocycles. The van der Waals surface area contributed by atoms with Crippen LogP contribution in [0.25, 0.3) is 111 Å². The topological polar surface area (TPSA) is 105 Å². The van der Waals surface area contributed by atoms with Gasteiger partial charge in [-0.15, -0.1) is 0 Å². The van der Waals surface area contributed by atoms with Crippen LogP contribution in [0, 0.1) is 45.3 Å². The molecule has 0 atom stereocenters. The Balaban J connectivity index is 1.25. The van der Waals surface area contributed by atoms with E-state index in [4.69, 9.17) is 0 Å². The minimum atomic E-state index is -5.15. The maximum atomic E-state index is 17.2. The van der Waals surface area contributed by atoms with Crippen LogP contribution in [-0.4, -0.2) is 9.13 Å². The minimum Gasteiger partial charge on any atom is -0.308 e. The number of hydrogen-bond donors (Lipinski definition) is 0. The van der Waals surface area contributed by atoms with E-state index in [2.05, 4.69) is 24.3 Å². The second kappa shape index (κ2) is 18.6. The van der Waals surface area contributed by atoms with Gasteiger partial charge in [-0.3, -0.25) is 0 Å². The normalized spacial score (nSPS) is 11.7. The molecule has 0 saturated carbocycles. The Labute approximate surface area is 441 Å². The number of rotatable bonds is 7. The summed E-state index contributed by atoms with van der Waals surface area (Å²) in [5.41, 5.74) is 5.55. The van der Waals surface area contributed by atoms with Crippen LogP contribution in [0.4, 0.5) is 26.3 Å². The molecule has 0 aliphatic rings. The van der Waals surface area contributed by atoms with E-state index in [0.29, 0.717) is 110 Å². The molecule has 2 heterocycles. The van der Waals surface area contributed by atoms with Crippen molar-refractivity contribution >= 4 is 43.6 Å². The summed E-state index contributed by atoms with van der Waals surface area (Å²) in [5, 5.41) is 40.8. The lowest BCUT2D eigenvalue weighted by Crippen LogP contribution is -2.16. The molecule has 2 aromatic heterocycles. The summed E-state index contributed by atoms with van der Waals surface area (Å²) in [6.45, 7) is 0. The van der Waals surface area contributed by atoms with Crippen LogP contribution in [0.15, 0.2) is 206 Å². The van der Waals surface area contributed by atoms with Crippen LogP contribution in [0.1, 0.15) is 33.4 Å². The van der Waals surface area contributed by atoms with Gasteiger partial charge in [0.1, 0.15) is 5.56 Å². The monoisotopic (exact) mass is 1020 g/mol. The summed E-state index contributed by atoms with van der Waals surface area (Å²) < 4.78 is 98.8. The number of nitrogens with zero attached hydrogens (tertiary/aromatic N) is 6. The van der Waals surface area contributed by atoms with Crippen molar-refractivity contribution in [2.24, 2.45) is 0 Å². The summed E-state index contributed by atoms with van der Waals surface area (Å²) in [6.07, 6.45) is -9.94. The first-order chi connectivity index (χ1) is 37.7. The first-order valence-electron chi connectivity index (χ1n) is 24.3. The third-order valence-electron chi connectivity index (χ3n) is 14.3. The maximum absolute atomic E-state index is 17.2. The highest BCUT2D eigenvalue weighted by atomic mass is 19.4. The molecule has 78 heavy (non-hydrogen) atoms. The van der Waals surface area contributed by atoms with Crippen LogP contribution < -0.4 is 0 Å². The zero-order valence-electron chi connectivity index (χ0n) is 40.6. The molecule has 0 amide bonds. The van der Waals surface area contributed by atoms with E-state index in [9.17, 15) is 34.2 Å². The Morgan fingerprint density at radius 3 is 0.833 bits per heavy atom. The summed E-state index contributed by atoms with van der Waals surface area (Å²) in [5.74, 6) is 0. The fourth-order valence-electron chi connectivity index (χ4n) is 10.5. The third kappa shape index (κ3) is 8.41. The fraction of sp³-hybridized carbons (Fsp3) is 0.0303. The first-order valence-corrected chi connectivity index (χ1v) is 24.3. The molecule has 10 aromatic carbocycles. The molecule has 0 spiro atoms. The molecule has 0 bridgehead atoms. The van der Waals surface area contributed by atoms with Crippen LogP contribution in [0.3, 0.4) is 0 Å². The Hall–Kier alpha value is -10.7. The standard InChI is InChI=1S/C66H34F6N6/c67-65(68,69)53-3-1-2-47(28-53)52-33-62(77-58-29-48(43-12-4-39(35-73)5-13-43)20-24-54(58)55-25-21-49(30-59(55)77)44-14-6-40(36-74)7-15-44)64(66(70,71)72)63(34-52)78-60-31-50(45-16-8-41(37-75)9-17-45)22-26-56(60)57-27-23-51(32-61(57)78)46-18-10-42(38-76)11-19-46/h1-34H. The average Bonchev–Trinajstić information content (AvgIpc) is 4.12. The zero-order valence-corrected chi connectivity index (χ0v) is 40.6. The van der Waals surface area contributed by atoms with Gasteiger partial charge in [0, 0.05) is 21.5 Å². The van der Waals surface area contributed by atoms with Crippen molar-refractivity contribution in [3.05, 3.63) is 240 Å². The highest BCUT2D eigenvalue weighted by Crippen LogP contribution is 2.48. The number of benzene rings is 10. The minimum absolute atomic E-state index is 0.00988. The van der Waals surface area contributed by atoms with Gasteiger partial charge in [0.25, 0.3) is 0 Å². The number of halogens is 6.